The van der Waals surface area contributed by atoms with Gasteiger partial charge in [0, 0.05) is 16.6 Å². The number of hydrazone groups is 1. The lowest BCUT2D eigenvalue weighted by Crippen LogP contribution is -2.39. The van der Waals surface area contributed by atoms with Gasteiger partial charge >= 0.3 is 0 Å². The van der Waals surface area contributed by atoms with E-state index in [2.05, 4.69) is 26.5 Å². The van der Waals surface area contributed by atoms with E-state index in [1.165, 1.54) is 18.3 Å². The van der Waals surface area contributed by atoms with Crippen LogP contribution in [0.2, 0.25) is 10.0 Å². The molecule has 33 heavy (non-hydrogen) atoms. The fourth-order valence-electron chi connectivity index (χ4n) is 2.87. The number of benzene rings is 3. The van der Waals surface area contributed by atoms with Crippen LogP contribution in [-0.4, -0.2) is 31.4 Å². The van der Waals surface area contributed by atoms with Crippen molar-refractivity contribution in [2.24, 2.45) is 5.10 Å². The van der Waals surface area contributed by atoms with Crippen molar-refractivity contribution in [3.05, 3.63) is 97.9 Å². The largest absolute Gasteiger partial charge is 0.272 e. The van der Waals surface area contributed by atoms with Crippen LogP contribution >= 0.6 is 39.1 Å². The van der Waals surface area contributed by atoms with Gasteiger partial charge in [0.05, 0.1) is 27.7 Å². The van der Waals surface area contributed by atoms with Crippen LogP contribution in [0.25, 0.3) is 0 Å². The van der Waals surface area contributed by atoms with Crippen LogP contribution < -0.4 is 5.43 Å². The third kappa shape index (κ3) is 6.88. The normalized spacial score (nSPS) is 11.8. The zero-order valence-corrected chi connectivity index (χ0v) is 21.4. The first-order valence-corrected chi connectivity index (χ1v) is 12.7. The Morgan fingerprint density at radius 1 is 1.06 bits per heavy atom. The van der Waals surface area contributed by atoms with E-state index in [1.807, 2.05) is 31.2 Å². The van der Waals surface area contributed by atoms with Gasteiger partial charge < -0.3 is 0 Å². The van der Waals surface area contributed by atoms with Crippen molar-refractivity contribution in [3.63, 3.8) is 0 Å². The van der Waals surface area contributed by atoms with E-state index >= 15 is 0 Å². The second kappa shape index (κ2) is 11.3. The minimum Gasteiger partial charge on any atom is -0.272 e. The minimum atomic E-state index is -3.95. The maximum absolute atomic E-state index is 13.3. The molecular formula is C23H20BrCl2N3O3S. The summed E-state index contributed by atoms with van der Waals surface area (Å²) in [6, 6.07) is 18.7. The summed E-state index contributed by atoms with van der Waals surface area (Å²) in [5.41, 5.74) is 4.67. The van der Waals surface area contributed by atoms with Crippen molar-refractivity contribution < 1.29 is 13.2 Å². The summed E-state index contributed by atoms with van der Waals surface area (Å²) in [5.74, 6) is -0.600. The SMILES string of the molecule is Cc1ccc(CN(CC(=O)N/N=C\c2cccc(Cl)c2Cl)S(=O)(=O)c2ccc(Br)cc2)cc1. The summed E-state index contributed by atoms with van der Waals surface area (Å²) in [5, 5.41) is 4.55. The van der Waals surface area contributed by atoms with Crippen LogP contribution in [0.15, 0.2) is 81.2 Å². The topological polar surface area (TPSA) is 78.8 Å². The van der Waals surface area contributed by atoms with Gasteiger partial charge in [0.2, 0.25) is 10.0 Å². The van der Waals surface area contributed by atoms with Gasteiger partial charge in [0.1, 0.15) is 0 Å². The van der Waals surface area contributed by atoms with Gasteiger partial charge in [-0.15, -0.1) is 0 Å². The molecule has 0 fully saturated rings. The fraction of sp³-hybridized carbons (Fsp3) is 0.130. The number of hydrogen-bond acceptors (Lipinski definition) is 4. The molecule has 3 rings (SSSR count). The molecule has 0 radical (unpaired) electrons. The van der Waals surface area contributed by atoms with E-state index in [9.17, 15) is 13.2 Å². The molecule has 0 aliphatic carbocycles. The molecule has 0 bridgehead atoms. The highest BCUT2D eigenvalue weighted by molar-refractivity contribution is 9.10. The Hall–Kier alpha value is -2.23. The number of nitrogens with one attached hydrogen (secondary N) is 1. The van der Waals surface area contributed by atoms with Crippen LogP contribution in [-0.2, 0) is 21.4 Å². The van der Waals surface area contributed by atoms with E-state index in [0.717, 1.165) is 19.9 Å². The Balaban J connectivity index is 1.80. The number of sulfonamides is 1. The Labute approximate surface area is 211 Å². The number of carbonyl (C=O) groups is 1. The highest BCUT2D eigenvalue weighted by Gasteiger charge is 2.27. The molecule has 0 aromatic heterocycles. The average Bonchev–Trinajstić information content (AvgIpc) is 2.78. The molecule has 1 N–H and O–H groups in total. The van der Waals surface area contributed by atoms with Crippen molar-refractivity contribution >= 4 is 61.3 Å². The third-order valence-electron chi connectivity index (χ3n) is 4.63. The lowest BCUT2D eigenvalue weighted by atomic mass is 10.1. The van der Waals surface area contributed by atoms with E-state index in [-0.39, 0.29) is 11.4 Å². The molecule has 0 aliphatic heterocycles. The van der Waals surface area contributed by atoms with Gasteiger partial charge in [-0.1, -0.05) is 81.1 Å². The number of aryl methyl sites for hydroxylation is 1. The van der Waals surface area contributed by atoms with Crippen molar-refractivity contribution in [1.29, 1.82) is 0 Å². The molecule has 6 nitrogen and oxygen atoms in total. The molecule has 3 aromatic rings. The molecule has 0 atom stereocenters. The van der Waals surface area contributed by atoms with Gasteiger partial charge in [0.25, 0.3) is 5.91 Å². The van der Waals surface area contributed by atoms with Gasteiger partial charge in [-0.3, -0.25) is 4.79 Å². The predicted molar refractivity (Wildman–Crippen MR) is 135 cm³/mol. The van der Waals surface area contributed by atoms with Crippen LogP contribution in [0.4, 0.5) is 0 Å². The molecule has 0 spiro atoms. The molecule has 0 saturated heterocycles. The maximum Gasteiger partial charge on any atom is 0.255 e. The standard InChI is InChI=1S/C23H20BrCl2N3O3S/c1-16-5-7-17(8-6-16)14-29(33(31,32)20-11-9-19(24)10-12-20)15-22(30)28-27-13-18-3-2-4-21(25)23(18)26/h2-13H,14-15H2,1H3,(H,28,30)/b27-13-. The molecular weight excluding hydrogens is 549 g/mol. The highest BCUT2D eigenvalue weighted by Crippen LogP contribution is 2.24. The average molecular weight is 569 g/mol. The van der Waals surface area contributed by atoms with E-state index < -0.39 is 22.5 Å². The molecule has 172 valence electrons. The monoisotopic (exact) mass is 567 g/mol. The summed E-state index contributed by atoms with van der Waals surface area (Å²) < 4.78 is 28.4. The van der Waals surface area contributed by atoms with E-state index in [4.69, 9.17) is 23.2 Å². The number of hydrogen-bond donors (Lipinski definition) is 1. The first-order chi connectivity index (χ1) is 15.7. The molecule has 1 amide bonds. The maximum atomic E-state index is 13.3. The zero-order valence-electron chi connectivity index (χ0n) is 17.5. The van der Waals surface area contributed by atoms with Crippen molar-refractivity contribution in [2.75, 3.05) is 6.54 Å². The van der Waals surface area contributed by atoms with E-state index in [0.29, 0.717) is 15.6 Å². The van der Waals surface area contributed by atoms with Crippen LogP contribution in [0, 0.1) is 6.92 Å². The fourth-order valence-corrected chi connectivity index (χ4v) is 4.87. The number of carbonyl (C=O) groups excluding carboxylic acids is 1. The third-order valence-corrected chi connectivity index (χ3v) is 7.79. The molecule has 0 aliphatic rings. The van der Waals surface area contributed by atoms with Crippen LogP contribution in [0.1, 0.15) is 16.7 Å². The quantitative estimate of drug-likeness (QED) is 0.292. The summed E-state index contributed by atoms with van der Waals surface area (Å²) in [6.07, 6.45) is 1.35. The minimum absolute atomic E-state index is 0.0237. The number of halogens is 3. The van der Waals surface area contributed by atoms with Crippen molar-refractivity contribution in [3.8, 4) is 0 Å². The second-order valence-electron chi connectivity index (χ2n) is 7.15. The van der Waals surface area contributed by atoms with Gasteiger partial charge in [-0.2, -0.15) is 9.41 Å². The van der Waals surface area contributed by atoms with E-state index in [1.54, 1.807) is 30.3 Å². The van der Waals surface area contributed by atoms with Gasteiger partial charge in [-0.05, 0) is 42.8 Å². The van der Waals surface area contributed by atoms with Gasteiger partial charge in [-0.25, -0.2) is 13.8 Å². The predicted octanol–water partition coefficient (Wildman–Crippen LogP) is 5.41. The summed E-state index contributed by atoms with van der Waals surface area (Å²) in [4.78, 5) is 12.7. The molecule has 0 heterocycles. The van der Waals surface area contributed by atoms with Crippen molar-refractivity contribution in [1.82, 2.24) is 9.73 Å². The first kappa shape index (κ1) is 25.4. The smallest absolute Gasteiger partial charge is 0.255 e. The summed E-state index contributed by atoms with van der Waals surface area (Å²) in [7, 11) is -3.95. The highest BCUT2D eigenvalue weighted by atomic mass is 79.9. The second-order valence-corrected chi connectivity index (χ2v) is 10.8. The Morgan fingerprint density at radius 3 is 2.39 bits per heavy atom. The molecule has 0 saturated carbocycles. The first-order valence-electron chi connectivity index (χ1n) is 9.74. The summed E-state index contributed by atoms with van der Waals surface area (Å²) >= 11 is 15.4. The molecule has 10 heteroatoms. The lowest BCUT2D eigenvalue weighted by Gasteiger charge is -2.21. The number of amides is 1. The van der Waals surface area contributed by atoms with Crippen molar-refractivity contribution in [2.45, 2.75) is 18.4 Å². The number of nitrogens with zero attached hydrogens (tertiary/aromatic N) is 2. The number of rotatable bonds is 8. The Morgan fingerprint density at radius 2 is 1.73 bits per heavy atom. The Bertz CT molecular complexity index is 1270. The van der Waals surface area contributed by atoms with Gasteiger partial charge in [0.15, 0.2) is 0 Å². The summed E-state index contributed by atoms with van der Waals surface area (Å²) in [6.45, 7) is 1.54. The van der Waals surface area contributed by atoms with Crippen LogP contribution in [0.5, 0.6) is 0 Å². The van der Waals surface area contributed by atoms with Crippen LogP contribution in [0.3, 0.4) is 0 Å². The zero-order chi connectivity index (χ0) is 24.0. The lowest BCUT2D eigenvalue weighted by molar-refractivity contribution is -0.121. The molecule has 0 unspecified atom stereocenters. The Kier molecular flexibility index (Phi) is 8.67. The molecule has 3 aromatic carbocycles.